The number of benzene rings is 1. The number of aromatic nitrogens is 4. The summed E-state index contributed by atoms with van der Waals surface area (Å²) in [5.41, 5.74) is 1.06. The summed E-state index contributed by atoms with van der Waals surface area (Å²) >= 11 is 1.50. The molecule has 1 saturated carbocycles. The lowest BCUT2D eigenvalue weighted by atomic mass is 10.1. The molecule has 3 N–H and O–H groups in total. The summed E-state index contributed by atoms with van der Waals surface area (Å²) in [4.78, 5) is 24.9. The van der Waals surface area contributed by atoms with Crippen LogP contribution in [0.5, 0.6) is 0 Å². The standard InChI is InChI=1S/C24H29N7O2S/c32-20(18-3-4-18)15-17-1-5-19(6-2-17)34-24-28-22(25-9-10-31-11-13-33-14-12-31)16-23(29-24)27-21-7-8-26-30-21/h1-2,5-8,16,18H,3-4,9-15H2,(H3,25,26,27,28,29,30). The highest BCUT2D eigenvalue weighted by Crippen LogP contribution is 2.32. The maximum Gasteiger partial charge on any atom is 0.196 e. The van der Waals surface area contributed by atoms with Crippen LogP contribution in [-0.2, 0) is 16.0 Å². The van der Waals surface area contributed by atoms with Gasteiger partial charge in [-0.3, -0.25) is 14.8 Å². The predicted molar refractivity (Wildman–Crippen MR) is 132 cm³/mol. The van der Waals surface area contributed by atoms with Crippen molar-refractivity contribution < 1.29 is 9.53 Å². The third kappa shape index (κ3) is 6.55. The van der Waals surface area contributed by atoms with Gasteiger partial charge in [-0.25, -0.2) is 9.97 Å². The van der Waals surface area contributed by atoms with Crippen molar-refractivity contribution in [3.8, 4) is 0 Å². The number of carbonyl (C=O) groups excluding carboxylic acids is 1. The molecule has 1 aliphatic carbocycles. The molecular formula is C24H29N7O2S. The van der Waals surface area contributed by atoms with Crippen molar-refractivity contribution in [3.05, 3.63) is 48.2 Å². The number of hydrogen-bond donors (Lipinski definition) is 3. The Labute approximate surface area is 203 Å². The van der Waals surface area contributed by atoms with E-state index >= 15 is 0 Å². The van der Waals surface area contributed by atoms with Crippen LogP contribution in [-0.4, -0.2) is 70.2 Å². The van der Waals surface area contributed by atoms with Crippen molar-refractivity contribution in [2.24, 2.45) is 5.92 Å². The molecule has 1 saturated heterocycles. The molecule has 1 aromatic carbocycles. The SMILES string of the molecule is O=C(Cc1ccc(Sc2nc(NCCN3CCOCC3)cc(Nc3ccn[nH]3)n2)cc1)C1CC1. The van der Waals surface area contributed by atoms with Gasteiger partial charge in [0.05, 0.1) is 19.4 Å². The zero-order valence-corrected chi connectivity index (χ0v) is 19.8. The Hall–Kier alpha value is -2.95. The molecule has 3 heterocycles. The van der Waals surface area contributed by atoms with Crippen LogP contribution in [0.1, 0.15) is 18.4 Å². The van der Waals surface area contributed by atoms with Gasteiger partial charge in [0.25, 0.3) is 0 Å². The molecule has 0 amide bonds. The maximum atomic E-state index is 12.1. The first-order valence-electron chi connectivity index (χ1n) is 11.7. The van der Waals surface area contributed by atoms with Gasteiger partial charge in [-0.15, -0.1) is 0 Å². The number of morpholine rings is 1. The van der Waals surface area contributed by atoms with Crippen molar-refractivity contribution in [2.75, 3.05) is 50.0 Å². The smallest absolute Gasteiger partial charge is 0.196 e. The minimum absolute atomic E-state index is 0.293. The lowest BCUT2D eigenvalue weighted by molar-refractivity contribution is -0.119. The first-order valence-corrected chi connectivity index (χ1v) is 12.5. The van der Waals surface area contributed by atoms with Crippen molar-refractivity contribution in [1.29, 1.82) is 0 Å². The Bertz CT molecular complexity index is 1080. The summed E-state index contributed by atoms with van der Waals surface area (Å²) < 4.78 is 5.42. The summed E-state index contributed by atoms with van der Waals surface area (Å²) in [6.45, 7) is 5.22. The lowest BCUT2D eigenvalue weighted by Crippen LogP contribution is -2.39. The summed E-state index contributed by atoms with van der Waals surface area (Å²) in [5.74, 6) is 2.86. The third-order valence-electron chi connectivity index (χ3n) is 5.85. The molecule has 0 atom stereocenters. The van der Waals surface area contributed by atoms with Crippen LogP contribution in [0.2, 0.25) is 0 Å². The van der Waals surface area contributed by atoms with E-state index in [0.29, 0.717) is 29.1 Å². The molecule has 5 rings (SSSR count). The van der Waals surface area contributed by atoms with E-state index in [4.69, 9.17) is 9.72 Å². The maximum absolute atomic E-state index is 12.1. The van der Waals surface area contributed by atoms with Crippen LogP contribution < -0.4 is 10.6 Å². The molecule has 0 radical (unpaired) electrons. The summed E-state index contributed by atoms with van der Waals surface area (Å²) in [7, 11) is 0. The Morgan fingerprint density at radius 3 is 2.65 bits per heavy atom. The van der Waals surface area contributed by atoms with Crippen LogP contribution in [0.4, 0.5) is 17.5 Å². The second kappa shape index (κ2) is 11.0. The molecule has 0 unspecified atom stereocenters. The molecule has 3 aromatic rings. The van der Waals surface area contributed by atoms with Gasteiger partial charge in [0.2, 0.25) is 0 Å². The number of aromatic amines is 1. The molecule has 2 fully saturated rings. The fraction of sp³-hybridized carbons (Fsp3) is 0.417. The Balaban J connectivity index is 1.25. The van der Waals surface area contributed by atoms with E-state index in [2.05, 4.69) is 30.7 Å². The summed E-state index contributed by atoms with van der Waals surface area (Å²) in [5, 5.41) is 14.2. The number of nitrogens with one attached hydrogen (secondary N) is 3. The van der Waals surface area contributed by atoms with Crippen LogP contribution in [0, 0.1) is 5.92 Å². The summed E-state index contributed by atoms with van der Waals surface area (Å²) in [6.07, 6.45) is 4.31. The Morgan fingerprint density at radius 1 is 1.12 bits per heavy atom. The average molecular weight is 480 g/mol. The minimum Gasteiger partial charge on any atom is -0.379 e. The fourth-order valence-corrected chi connectivity index (χ4v) is 4.56. The number of carbonyl (C=O) groups is 1. The van der Waals surface area contributed by atoms with Gasteiger partial charge < -0.3 is 15.4 Å². The van der Waals surface area contributed by atoms with E-state index in [1.807, 2.05) is 36.4 Å². The van der Waals surface area contributed by atoms with E-state index in [-0.39, 0.29) is 0 Å². The number of anilines is 3. The monoisotopic (exact) mass is 479 g/mol. The number of hydrogen-bond acceptors (Lipinski definition) is 9. The van der Waals surface area contributed by atoms with Crippen molar-refractivity contribution >= 4 is 35.0 Å². The van der Waals surface area contributed by atoms with Crippen molar-refractivity contribution in [3.63, 3.8) is 0 Å². The highest BCUT2D eigenvalue weighted by atomic mass is 32.2. The van der Waals surface area contributed by atoms with E-state index in [1.165, 1.54) is 11.8 Å². The Kier molecular flexibility index (Phi) is 7.37. The Morgan fingerprint density at radius 2 is 1.91 bits per heavy atom. The molecule has 9 nitrogen and oxygen atoms in total. The zero-order chi connectivity index (χ0) is 23.2. The van der Waals surface area contributed by atoms with Crippen LogP contribution in [0.3, 0.4) is 0 Å². The zero-order valence-electron chi connectivity index (χ0n) is 19.0. The molecule has 0 spiro atoms. The largest absolute Gasteiger partial charge is 0.379 e. The fourth-order valence-electron chi connectivity index (χ4n) is 3.79. The van der Waals surface area contributed by atoms with Gasteiger partial charge in [-0.2, -0.15) is 5.10 Å². The first kappa shape index (κ1) is 22.8. The van der Waals surface area contributed by atoms with Gasteiger partial charge in [0.1, 0.15) is 23.2 Å². The molecule has 2 aliphatic rings. The molecular weight excluding hydrogens is 450 g/mol. The topological polar surface area (TPSA) is 108 Å². The third-order valence-corrected chi connectivity index (χ3v) is 6.72. The van der Waals surface area contributed by atoms with E-state index in [9.17, 15) is 4.79 Å². The molecule has 10 heteroatoms. The lowest BCUT2D eigenvalue weighted by Gasteiger charge is -2.26. The number of nitrogens with zero attached hydrogens (tertiary/aromatic N) is 4. The van der Waals surface area contributed by atoms with Crippen LogP contribution >= 0.6 is 11.8 Å². The number of H-pyrrole nitrogens is 1. The number of Topliss-reactive ketones (excluding diaryl/α,β-unsaturated/α-hetero) is 1. The van der Waals surface area contributed by atoms with Crippen LogP contribution in [0.15, 0.2) is 52.6 Å². The van der Waals surface area contributed by atoms with Gasteiger partial charge in [-0.1, -0.05) is 12.1 Å². The second-order valence-corrected chi connectivity index (χ2v) is 9.60. The highest BCUT2D eigenvalue weighted by molar-refractivity contribution is 7.99. The van der Waals surface area contributed by atoms with Gasteiger partial charge in [0, 0.05) is 55.5 Å². The molecule has 34 heavy (non-hydrogen) atoms. The van der Waals surface area contributed by atoms with Crippen LogP contribution in [0.25, 0.3) is 0 Å². The van der Waals surface area contributed by atoms with Gasteiger partial charge >= 0.3 is 0 Å². The molecule has 0 bridgehead atoms. The number of ether oxygens (including phenoxy) is 1. The van der Waals surface area contributed by atoms with E-state index in [0.717, 1.165) is 74.3 Å². The quantitative estimate of drug-likeness (QED) is 0.357. The first-order chi connectivity index (χ1) is 16.7. The highest BCUT2D eigenvalue weighted by Gasteiger charge is 2.29. The van der Waals surface area contributed by atoms with Gasteiger partial charge in [-0.05, 0) is 42.3 Å². The number of rotatable bonds is 11. The normalized spacial score (nSPS) is 16.4. The van der Waals surface area contributed by atoms with Gasteiger partial charge in [0.15, 0.2) is 5.16 Å². The molecule has 1 aliphatic heterocycles. The van der Waals surface area contributed by atoms with Crippen molar-refractivity contribution in [2.45, 2.75) is 29.3 Å². The molecule has 2 aromatic heterocycles. The van der Waals surface area contributed by atoms with E-state index in [1.54, 1.807) is 6.20 Å². The minimum atomic E-state index is 0.293. The molecule has 178 valence electrons. The second-order valence-electron chi connectivity index (χ2n) is 8.56. The average Bonchev–Trinajstić information content (AvgIpc) is 3.58. The van der Waals surface area contributed by atoms with Crippen molar-refractivity contribution in [1.82, 2.24) is 25.1 Å². The summed E-state index contributed by atoms with van der Waals surface area (Å²) in [6, 6.07) is 11.9. The predicted octanol–water partition coefficient (Wildman–Crippen LogP) is 3.36. The number of ketones is 1. The van der Waals surface area contributed by atoms with E-state index < -0.39 is 0 Å².